The van der Waals surface area contributed by atoms with Crippen molar-refractivity contribution in [2.45, 2.75) is 43.2 Å². The van der Waals surface area contributed by atoms with E-state index in [1.807, 2.05) is 0 Å². The Morgan fingerprint density at radius 2 is 1.79 bits per heavy atom. The third-order valence-corrected chi connectivity index (χ3v) is 6.96. The normalized spacial score (nSPS) is 22.5. The Bertz CT molecular complexity index is 792. The Labute approximate surface area is 165 Å². The van der Waals surface area contributed by atoms with Gasteiger partial charge in [0.2, 0.25) is 10.0 Å². The number of ether oxygens (including phenoxy) is 2. The summed E-state index contributed by atoms with van der Waals surface area (Å²) >= 11 is 0. The fourth-order valence-corrected chi connectivity index (χ4v) is 5.17. The van der Waals surface area contributed by atoms with Crippen LogP contribution in [0.15, 0.2) is 35.2 Å². The van der Waals surface area contributed by atoms with Crippen LogP contribution in [0.2, 0.25) is 0 Å². The van der Waals surface area contributed by atoms with Gasteiger partial charge in [-0.2, -0.15) is 4.31 Å². The fourth-order valence-electron chi connectivity index (χ4n) is 3.50. The number of sulfonamides is 1. The molecule has 2 atom stereocenters. The molecule has 2 saturated heterocycles. The average molecular weight is 410 g/mol. The molecule has 8 nitrogen and oxygen atoms in total. The van der Waals surface area contributed by atoms with E-state index < -0.39 is 28.1 Å². The Kier molecular flexibility index (Phi) is 6.69. The molecule has 0 unspecified atom stereocenters. The quantitative estimate of drug-likeness (QED) is 0.673. The first-order valence-corrected chi connectivity index (χ1v) is 11.0. The molecule has 1 aromatic rings. The van der Waals surface area contributed by atoms with Gasteiger partial charge in [0.25, 0.3) is 5.91 Å². The van der Waals surface area contributed by atoms with E-state index in [0.29, 0.717) is 39.1 Å². The number of carbonyl (C=O) groups is 2. The first kappa shape index (κ1) is 20.8. The van der Waals surface area contributed by atoms with Crippen molar-refractivity contribution in [1.82, 2.24) is 9.21 Å². The number of esters is 1. The van der Waals surface area contributed by atoms with E-state index in [-0.39, 0.29) is 17.3 Å². The number of rotatable bonds is 5. The van der Waals surface area contributed by atoms with Gasteiger partial charge in [0.1, 0.15) is 6.04 Å². The molecule has 0 radical (unpaired) electrons. The highest BCUT2D eigenvalue weighted by Crippen LogP contribution is 2.26. The van der Waals surface area contributed by atoms with Gasteiger partial charge in [0.05, 0.1) is 18.1 Å². The summed E-state index contributed by atoms with van der Waals surface area (Å²) in [7, 11) is -3.81. The molecular formula is C19H26N2O6S. The van der Waals surface area contributed by atoms with Gasteiger partial charge in [-0.15, -0.1) is 0 Å². The second-order valence-electron chi connectivity index (χ2n) is 6.96. The Morgan fingerprint density at radius 3 is 2.46 bits per heavy atom. The molecule has 0 spiro atoms. The van der Waals surface area contributed by atoms with Crippen LogP contribution in [0.4, 0.5) is 0 Å². The van der Waals surface area contributed by atoms with Gasteiger partial charge in [-0.05, 0) is 38.3 Å². The van der Waals surface area contributed by atoms with Crippen molar-refractivity contribution in [3.63, 3.8) is 0 Å². The van der Waals surface area contributed by atoms with E-state index in [1.54, 1.807) is 23.1 Å². The molecule has 0 aromatic heterocycles. The lowest BCUT2D eigenvalue weighted by molar-refractivity contribution is -0.164. The highest BCUT2D eigenvalue weighted by atomic mass is 32.2. The van der Waals surface area contributed by atoms with Crippen LogP contribution in [-0.4, -0.2) is 74.5 Å². The molecule has 154 valence electrons. The van der Waals surface area contributed by atoms with E-state index in [2.05, 4.69) is 0 Å². The molecule has 9 heteroatoms. The monoisotopic (exact) mass is 410 g/mol. The van der Waals surface area contributed by atoms with Crippen LogP contribution in [-0.2, 0) is 29.1 Å². The summed E-state index contributed by atoms with van der Waals surface area (Å²) in [5, 5.41) is 0. The molecule has 3 rings (SSSR count). The topological polar surface area (TPSA) is 93.2 Å². The van der Waals surface area contributed by atoms with E-state index >= 15 is 0 Å². The van der Waals surface area contributed by atoms with Crippen molar-refractivity contribution in [1.29, 1.82) is 0 Å². The Hall–Kier alpha value is -1.97. The van der Waals surface area contributed by atoms with Gasteiger partial charge < -0.3 is 14.4 Å². The number of nitrogens with zero attached hydrogens (tertiary/aromatic N) is 2. The molecule has 0 aliphatic carbocycles. The van der Waals surface area contributed by atoms with Crippen molar-refractivity contribution in [2.24, 2.45) is 0 Å². The molecule has 28 heavy (non-hydrogen) atoms. The van der Waals surface area contributed by atoms with Crippen molar-refractivity contribution in [3.05, 3.63) is 30.3 Å². The minimum absolute atomic E-state index is 0.146. The van der Waals surface area contributed by atoms with E-state index in [4.69, 9.17) is 9.47 Å². The van der Waals surface area contributed by atoms with Gasteiger partial charge in [-0.3, -0.25) is 9.59 Å². The van der Waals surface area contributed by atoms with E-state index in [9.17, 15) is 18.0 Å². The van der Waals surface area contributed by atoms with Crippen LogP contribution in [0.1, 0.15) is 26.2 Å². The number of carbonyl (C=O) groups excluding carboxylic acids is 2. The van der Waals surface area contributed by atoms with Crippen LogP contribution >= 0.6 is 0 Å². The van der Waals surface area contributed by atoms with Crippen molar-refractivity contribution >= 4 is 21.9 Å². The van der Waals surface area contributed by atoms with Crippen LogP contribution in [0, 0.1) is 0 Å². The Balaban J connectivity index is 1.71. The van der Waals surface area contributed by atoms with Gasteiger partial charge >= 0.3 is 5.97 Å². The molecular weight excluding hydrogens is 384 g/mol. The minimum Gasteiger partial charge on any atom is -0.451 e. The molecule has 2 aliphatic heterocycles. The zero-order valence-electron chi connectivity index (χ0n) is 16.0. The van der Waals surface area contributed by atoms with Crippen molar-refractivity contribution in [3.8, 4) is 0 Å². The molecule has 2 aliphatic rings. The second-order valence-corrected chi connectivity index (χ2v) is 8.85. The number of morpholine rings is 1. The first-order chi connectivity index (χ1) is 13.4. The van der Waals surface area contributed by atoms with Crippen LogP contribution in [0.25, 0.3) is 0 Å². The number of piperidine rings is 1. The molecule has 1 amide bonds. The highest BCUT2D eigenvalue weighted by molar-refractivity contribution is 7.89. The minimum atomic E-state index is -3.81. The smallest absolute Gasteiger partial charge is 0.325 e. The summed E-state index contributed by atoms with van der Waals surface area (Å²) < 4.78 is 37.8. The highest BCUT2D eigenvalue weighted by Gasteiger charge is 2.39. The molecule has 2 fully saturated rings. The number of amides is 1. The van der Waals surface area contributed by atoms with E-state index in [1.165, 1.54) is 23.4 Å². The van der Waals surface area contributed by atoms with Crippen LogP contribution in [0.5, 0.6) is 0 Å². The van der Waals surface area contributed by atoms with Gasteiger partial charge in [-0.25, -0.2) is 8.42 Å². The maximum Gasteiger partial charge on any atom is 0.325 e. The largest absolute Gasteiger partial charge is 0.451 e. The van der Waals surface area contributed by atoms with Gasteiger partial charge in [-0.1, -0.05) is 18.2 Å². The number of hydrogen-bond acceptors (Lipinski definition) is 6. The first-order valence-electron chi connectivity index (χ1n) is 9.55. The average Bonchev–Trinajstić information content (AvgIpc) is 2.74. The summed E-state index contributed by atoms with van der Waals surface area (Å²) in [5.41, 5.74) is 0. The summed E-state index contributed by atoms with van der Waals surface area (Å²) in [5.74, 6) is -0.960. The molecule has 1 aromatic carbocycles. The van der Waals surface area contributed by atoms with E-state index in [0.717, 1.165) is 6.42 Å². The second kappa shape index (κ2) is 9.02. The molecule has 0 saturated carbocycles. The Morgan fingerprint density at radius 1 is 1.11 bits per heavy atom. The number of hydrogen-bond donors (Lipinski definition) is 0. The zero-order valence-corrected chi connectivity index (χ0v) is 16.8. The maximum atomic E-state index is 13.0. The predicted molar refractivity (Wildman–Crippen MR) is 101 cm³/mol. The lowest BCUT2D eigenvalue weighted by atomic mass is 10.1. The van der Waals surface area contributed by atoms with Crippen LogP contribution in [0.3, 0.4) is 0 Å². The van der Waals surface area contributed by atoms with Crippen molar-refractivity contribution < 1.29 is 27.5 Å². The zero-order chi connectivity index (χ0) is 20.1. The SMILES string of the molecule is C[C@H](OC(=O)[C@H]1CCCCN1S(=O)(=O)c1ccccc1)C(=O)N1CCOCC1. The predicted octanol–water partition coefficient (Wildman–Crippen LogP) is 1.02. The van der Waals surface area contributed by atoms with Gasteiger partial charge in [0.15, 0.2) is 6.10 Å². The van der Waals surface area contributed by atoms with Crippen LogP contribution < -0.4 is 0 Å². The fraction of sp³-hybridized carbons (Fsp3) is 0.579. The molecule has 0 bridgehead atoms. The lowest BCUT2D eigenvalue weighted by Crippen LogP contribution is -2.51. The van der Waals surface area contributed by atoms with Gasteiger partial charge in [0, 0.05) is 19.6 Å². The third kappa shape index (κ3) is 4.53. The maximum absolute atomic E-state index is 13.0. The summed E-state index contributed by atoms with van der Waals surface area (Å²) in [4.78, 5) is 27.0. The standard InChI is InChI=1S/C19H26N2O6S/c1-15(18(22)20-11-13-26-14-12-20)27-19(23)17-9-5-6-10-21(17)28(24,25)16-7-3-2-4-8-16/h2-4,7-8,15,17H,5-6,9-14H2,1H3/t15-,17+/m0/s1. The summed E-state index contributed by atoms with van der Waals surface area (Å²) in [6.45, 7) is 3.60. The molecule has 2 heterocycles. The van der Waals surface area contributed by atoms with Crippen molar-refractivity contribution in [2.75, 3.05) is 32.8 Å². The summed E-state index contributed by atoms with van der Waals surface area (Å²) in [6.07, 6.45) is 0.821. The third-order valence-electron chi connectivity index (χ3n) is 5.04. The molecule has 0 N–H and O–H groups in total. The lowest BCUT2D eigenvalue weighted by Gasteiger charge is -2.34. The number of benzene rings is 1. The summed E-state index contributed by atoms with van der Waals surface area (Å²) in [6, 6.07) is 7.13.